The summed E-state index contributed by atoms with van der Waals surface area (Å²) in [6, 6.07) is 11.6. The minimum atomic E-state index is -0.705. The minimum absolute atomic E-state index is 0.0787. The van der Waals surface area contributed by atoms with Gasteiger partial charge in [0.15, 0.2) is 11.5 Å². The third kappa shape index (κ3) is 4.53. The van der Waals surface area contributed by atoms with Crippen molar-refractivity contribution in [2.45, 2.75) is 39.2 Å². The van der Waals surface area contributed by atoms with E-state index in [0.29, 0.717) is 54.7 Å². The van der Waals surface area contributed by atoms with Crippen LogP contribution in [0.15, 0.2) is 48.0 Å². The number of carbonyl (C=O) groups excluding carboxylic acids is 2. The van der Waals surface area contributed by atoms with Gasteiger partial charge in [0.25, 0.3) is 11.7 Å². The van der Waals surface area contributed by atoms with E-state index in [9.17, 15) is 14.7 Å². The fourth-order valence-electron chi connectivity index (χ4n) is 4.10. The van der Waals surface area contributed by atoms with Crippen molar-refractivity contribution in [3.63, 3.8) is 0 Å². The van der Waals surface area contributed by atoms with Gasteiger partial charge in [-0.1, -0.05) is 26.3 Å². The van der Waals surface area contributed by atoms with E-state index in [-0.39, 0.29) is 11.3 Å². The molecule has 0 saturated carbocycles. The highest BCUT2D eigenvalue weighted by atomic mass is 16.6. The predicted molar refractivity (Wildman–Crippen MR) is 124 cm³/mol. The van der Waals surface area contributed by atoms with Gasteiger partial charge in [0.05, 0.1) is 18.2 Å². The lowest BCUT2D eigenvalue weighted by molar-refractivity contribution is -0.139. The Bertz CT molecular complexity index is 1060. The molecule has 174 valence electrons. The molecule has 7 heteroatoms. The topological polar surface area (TPSA) is 85.3 Å². The number of rotatable bonds is 8. The SMILES string of the molecule is CCCCN1C(=O)C(=O)/C(=C(\O)c2ccc(OCCC)cc2)C1c1ccc2c(c1)OCCO2. The Kier molecular flexibility index (Phi) is 6.87. The van der Waals surface area contributed by atoms with Gasteiger partial charge in [-0.05, 0) is 54.8 Å². The summed E-state index contributed by atoms with van der Waals surface area (Å²) in [5, 5.41) is 11.2. The van der Waals surface area contributed by atoms with E-state index in [1.54, 1.807) is 41.3 Å². The van der Waals surface area contributed by atoms with E-state index in [2.05, 4.69) is 0 Å². The second-order valence-electron chi connectivity index (χ2n) is 8.12. The van der Waals surface area contributed by atoms with Crippen LogP contribution in [0.25, 0.3) is 5.76 Å². The molecule has 0 spiro atoms. The Morgan fingerprint density at radius 3 is 2.45 bits per heavy atom. The zero-order valence-corrected chi connectivity index (χ0v) is 19.0. The standard InChI is InChI=1S/C26H29NO6/c1-3-5-12-27-23(18-8-11-20-21(16-18)33-15-14-32-20)22(25(29)26(27)30)24(28)17-6-9-19(10-7-17)31-13-4-2/h6-11,16,23,28H,3-5,12-15H2,1-2H3/b24-22-. The van der Waals surface area contributed by atoms with Crippen LogP contribution in [0.1, 0.15) is 50.3 Å². The third-order valence-electron chi connectivity index (χ3n) is 5.78. The van der Waals surface area contributed by atoms with Gasteiger partial charge < -0.3 is 24.2 Å². The molecule has 1 unspecified atom stereocenters. The van der Waals surface area contributed by atoms with Crippen molar-refractivity contribution in [2.24, 2.45) is 0 Å². The number of aliphatic hydroxyl groups is 1. The lowest BCUT2D eigenvalue weighted by atomic mass is 9.94. The lowest BCUT2D eigenvalue weighted by Crippen LogP contribution is -2.30. The first-order valence-corrected chi connectivity index (χ1v) is 11.5. The fraction of sp³-hybridized carbons (Fsp3) is 0.385. The van der Waals surface area contributed by atoms with E-state index >= 15 is 0 Å². The molecule has 2 aromatic carbocycles. The van der Waals surface area contributed by atoms with E-state index in [0.717, 1.165) is 19.3 Å². The molecule has 1 atom stereocenters. The van der Waals surface area contributed by atoms with Crippen LogP contribution in [0.4, 0.5) is 0 Å². The molecule has 7 nitrogen and oxygen atoms in total. The van der Waals surface area contributed by atoms with Gasteiger partial charge in [-0.2, -0.15) is 0 Å². The smallest absolute Gasteiger partial charge is 0.295 e. The molecule has 2 aliphatic heterocycles. The van der Waals surface area contributed by atoms with Crippen LogP contribution in [0.2, 0.25) is 0 Å². The van der Waals surface area contributed by atoms with Gasteiger partial charge in [-0.3, -0.25) is 9.59 Å². The summed E-state index contributed by atoms with van der Waals surface area (Å²) in [6.45, 7) is 5.96. The minimum Gasteiger partial charge on any atom is -0.507 e. The van der Waals surface area contributed by atoms with Crippen LogP contribution in [0.5, 0.6) is 17.2 Å². The van der Waals surface area contributed by atoms with Crippen LogP contribution < -0.4 is 14.2 Å². The molecule has 4 rings (SSSR count). The molecule has 1 amide bonds. The van der Waals surface area contributed by atoms with Crippen LogP contribution in [0, 0.1) is 0 Å². The highest BCUT2D eigenvalue weighted by Gasteiger charge is 2.46. The Hall–Kier alpha value is -3.48. The van der Waals surface area contributed by atoms with Crippen molar-refractivity contribution in [1.29, 1.82) is 0 Å². The molecular formula is C26H29NO6. The third-order valence-corrected chi connectivity index (χ3v) is 5.78. The number of Topliss-reactive ketones (excluding diaryl/α,β-unsaturated/α-hetero) is 1. The van der Waals surface area contributed by atoms with Crippen LogP contribution >= 0.6 is 0 Å². The first kappa shape index (κ1) is 22.7. The Balaban J connectivity index is 1.77. The number of amides is 1. The van der Waals surface area contributed by atoms with Gasteiger partial charge in [-0.15, -0.1) is 0 Å². The van der Waals surface area contributed by atoms with E-state index in [1.165, 1.54) is 0 Å². The van der Waals surface area contributed by atoms with E-state index in [1.807, 2.05) is 19.9 Å². The Morgan fingerprint density at radius 2 is 1.76 bits per heavy atom. The first-order valence-electron chi connectivity index (χ1n) is 11.5. The number of likely N-dealkylation sites (tertiary alicyclic amines) is 1. The number of hydrogen-bond acceptors (Lipinski definition) is 6. The van der Waals surface area contributed by atoms with E-state index in [4.69, 9.17) is 14.2 Å². The average molecular weight is 452 g/mol. The van der Waals surface area contributed by atoms with Crippen molar-refractivity contribution >= 4 is 17.4 Å². The number of benzene rings is 2. The number of fused-ring (bicyclic) bond motifs is 1. The summed E-state index contributed by atoms with van der Waals surface area (Å²) in [5.74, 6) is 0.382. The number of nitrogens with zero attached hydrogens (tertiary/aromatic N) is 1. The van der Waals surface area contributed by atoms with Gasteiger partial charge >= 0.3 is 0 Å². The average Bonchev–Trinajstić information content (AvgIpc) is 3.10. The fourth-order valence-corrected chi connectivity index (χ4v) is 4.10. The second-order valence-corrected chi connectivity index (χ2v) is 8.12. The normalized spacial score (nSPS) is 19.1. The number of carbonyl (C=O) groups is 2. The monoisotopic (exact) mass is 451 g/mol. The molecule has 0 aromatic heterocycles. The highest BCUT2D eigenvalue weighted by Crippen LogP contribution is 2.42. The number of aliphatic hydroxyl groups excluding tert-OH is 1. The molecule has 0 bridgehead atoms. The van der Waals surface area contributed by atoms with Crippen molar-refractivity contribution in [3.05, 3.63) is 59.2 Å². The zero-order valence-electron chi connectivity index (χ0n) is 19.0. The maximum absolute atomic E-state index is 13.1. The molecule has 2 aromatic rings. The molecule has 33 heavy (non-hydrogen) atoms. The van der Waals surface area contributed by atoms with Crippen molar-refractivity contribution in [2.75, 3.05) is 26.4 Å². The molecule has 1 fully saturated rings. The van der Waals surface area contributed by atoms with Crippen LogP contribution in [-0.4, -0.2) is 48.1 Å². The summed E-state index contributed by atoms with van der Waals surface area (Å²) >= 11 is 0. The first-order chi connectivity index (χ1) is 16.0. The van der Waals surface area contributed by atoms with Gasteiger partial charge in [0, 0.05) is 12.1 Å². The summed E-state index contributed by atoms with van der Waals surface area (Å²) < 4.78 is 16.9. The largest absolute Gasteiger partial charge is 0.507 e. The maximum Gasteiger partial charge on any atom is 0.295 e. The lowest BCUT2D eigenvalue weighted by Gasteiger charge is -2.27. The van der Waals surface area contributed by atoms with Gasteiger partial charge in [0.1, 0.15) is 24.7 Å². The molecule has 2 aliphatic rings. The molecule has 1 N–H and O–H groups in total. The molecule has 0 aliphatic carbocycles. The van der Waals surface area contributed by atoms with E-state index < -0.39 is 17.7 Å². The van der Waals surface area contributed by atoms with Crippen LogP contribution in [-0.2, 0) is 9.59 Å². The second kappa shape index (κ2) is 9.98. The number of ketones is 1. The summed E-state index contributed by atoms with van der Waals surface area (Å²) in [5.41, 5.74) is 1.23. The summed E-state index contributed by atoms with van der Waals surface area (Å²) in [7, 11) is 0. The van der Waals surface area contributed by atoms with Crippen molar-refractivity contribution in [1.82, 2.24) is 4.90 Å². The zero-order chi connectivity index (χ0) is 23.4. The number of hydrogen-bond donors (Lipinski definition) is 1. The summed E-state index contributed by atoms with van der Waals surface area (Å²) in [4.78, 5) is 27.6. The maximum atomic E-state index is 13.1. The molecule has 2 heterocycles. The molecule has 1 saturated heterocycles. The Morgan fingerprint density at radius 1 is 1.03 bits per heavy atom. The molecular weight excluding hydrogens is 422 g/mol. The van der Waals surface area contributed by atoms with Crippen molar-refractivity contribution in [3.8, 4) is 17.2 Å². The quantitative estimate of drug-likeness (QED) is 0.362. The molecule has 0 radical (unpaired) electrons. The highest BCUT2D eigenvalue weighted by molar-refractivity contribution is 6.46. The number of unbranched alkanes of at least 4 members (excludes halogenated alkanes) is 1. The predicted octanol–water partition coefficient (Wildman–Crippen LogP) is 4.47. The van der Waals surface area contributed by atoms with Crippen LogP contribution in [0.3, 0.4) is 0 Å². The number of ether oxygens (including phenoxy) is 3. The van der Waals surface area contributed by atoms with Gasteiger partial charge in [0.2, 0.25) is 0 Å². The van der Waals surface area contributed by atoms with Gasteiger partial charge in [-0.25, -0.2) is 0 Å². The van der Waals surface area contributed by atoms with Crippen molar-refractivity contribution < 1.29 is 28.9 Å². The summed E-state index contributed by atoms with van der Waals surface area (Å²) in [6.07, 6.45) is 2.51. The Labute approximate surface area is 193 Å².